The standard InChI is InChI=1S/C11H12N2S/c1-2-9-10(3-1)14-11-12-8(6-13(9)11)7-4-5-7/h6-7H,1-5H2. The molecule has 2 aromatic heterocycles. The van der Waals surface area contributed by atoms with Crippen molar-refractivity contribution in [3.05, 3.63) is 22.5 Å². The molecule has 1 saturated carbocycles. The highest BCUT2D eigenvalue weighted by molar-refractivity contribution is 7.17. The van der Waals surface area contributed by atoms with E-state index in [4.69, 9.17) is 4.98 Å². The molecule has 0 unspecified atom stereocenters. The van der Waals surface area contributed by atoms with Gasteiger partial charge in [-0.15, -0.1) is 11.3 Å². The van der Waals surface area contributed by atoms with Crippen molar-refractivity contribution in [3.63, 3.8) is 0 Å². The van der Waals surface area contributed by atoms with Crippen LogP contribution in [0.4, 0.5) is 0 Å². The summed E-state index contributed by atoms with van der Waals surface area (Å²) in [5, 5.41) is 0. The first-order valence-corrected chi connectivity index (χ1v) is 6.23. The summed E-state index contributed by atoms with van der Waals surface area (Å²) >= 11 is 1.90. The molecule has 0 aromatic carbocycles. The van der Waals surface area contributed by atoms with Crippen LogP contribution in [0.25, 0.3) is 4.96 Å². The van der Waals surface area contributed by atoms with Gasteiger partial charge in [0.1, 0.15) is 0 Å². The van der Waals surface area contributed by atoms with Crippen LogP contribution in [-0.4, -0.2) is 9.38 Å². The molecule has 0 radical (unpaired) electrons. The number of thiazole rings is 1. The lowest BCUT2D eigenvalue weighted by Gasteiger charge is -1.90. The second kappa shape index (κ2) is 2.40. The lowest BCUT2D eigenvalue weighted by molar-refractivity contribution is 0.887. The zero-order valence-corrected chi connectivity index (χ0v) is 8.81. The molecule has 0 N–H and O–H groups in total. The monoisotopic (exact) mass is 204 g/mol. The topological polar surface area (TPSA) is 17.3 Å². The largest absolute Gasteiger partial charge is 0.294 e. The molecule has 2 aliphatic rings. The molecule has 14 heavy (non-hydrogen) atoms. The fraction of sp³-hybridized carbons (Fsp3) is 0.545. The zero-order chi connectivity index (χ0) is 9.12. The van der Waals surface area contributed by atoms with Crippen molar-refractivity contribution in [1.82, 2.24) is 9.38 Å². The molecule has 0 atom stereocenters. The third-order valence-electron chi connectivity index (χ3n) is 3.33. The quantitative estimate of drug-likeness (QED) is 0.698. The molecule has 0 amide bonds. The highest BCUT2D eigenvalue weighted by Gasteiger charge is 2.28. The van der Waals surface area contributed by atoms with Gasteiger partial charge in [-0.3, -0.25) is 4.40 Å². The molecule has 0 spiro atoms. The van der Waals surface area contributed by atoms with Crippen LogP contribution in [0.2, 0.25) is 0 Å². The number of aryl methyl sites for hydroxylation is 2. The number of fused-ring (bicyclic) bond motifs is 3. The van der Waals surface area contributed by atoms with Crippen molar-refractivity contribution >= 4 is 16.3 Å². The van der Waals surface area contributed by atoms with Gasteiger partial charge in [-0.1, -0.05) is 0 Å². The van der Waals surface area contributed by atoms with Crippen molar-refractivity contribution < 1.29 is 0 Å². The van der Waals surface area contributed by atoms with E-state index in [1.165, 1.54) is 42.8 Å². The summed E-state index contributed by atoms with van der Waals surface area (Å²) in [5.41, 5.74) is 2.88. The van der Waals surface area contributed by atoms with Crippen LogP contribution in [0.3, 0.4) is 0 Å². The maximum Gasteiger partial charge on any atom is 0.194 e. The van der Waals surface area contributed by atoms with E-state index in [0.717, 1.165) is 5.92 Å². The summed E-state index contributed by atoms with van der Waals surface area (Å²) in [5.74, 6) is 0.791. The summed E-state index contributed by atoms with van der Waals surface area (Å²) in [6.45, 7) is 0. The molecule has 0 saturated heterocycles. The zero-order valence-electron chi connectivity index (χ0n) is 7.99. The smallest absolute Gasteiger partial charge is 0.194 e. The van der Waals surface area contributed by atoms with Crippen LogP contribution in [0.1, 0.15) is 41.4 Å². The number of imidazole rings is 1. The Bertz CT molecular complexity index is 505. The van der Waals surface area contributed by atoms with E-state index in [2.05, 4.69) is 10.6 Å². The van der Waals surface area contributed by atoms with Crippen molar-refractivity contribution in [3.8, 4) is 0 Å². The lowest BCUT2D eigenvalue weighted by Crippen LogP contribution is -1.85. The van der Waals surface area contributed by atoms with Crippen LogP contribution < -0.4 is 0 Å². The Morgan fingerprint density at radius 3 is 3.14 bits per heavy atom. The van der Waals surface area contributed by atoms with Gasteiger partial charge in [-0.2, -0.15) is 0 Å². The second-order valence-electron chi connectivity index (χ2n) is 4.42. The van der Waals surface area contributed by atoms with E-state index in [9.17, 15) is 0 Å². The van der Waals surface area contributed by atoms with Crippen molar-refractivity contribution in [2.75, 3.05) is 0 Å². The van der Waals surface area contributed by atoms with Crippen LogP contribution >= 0.6 is 11.3 Å². The van der Waals surface area contributed by atoms with Crippen molar-refractivity contribution in [2.45, 2.75) is 38.0 Å². The number of aromatic nitrogens is 2. The Morgan fingerprint density at radius 2 is 2.29 bits per heavy atom. The highest BCUT2D eigenvalue weighted by atomic mass is 32.1. The van der Waals surface area contributed by atoms with Gasteiger partial charge in [0.2, 0.25) is 0 Å². The Labute approximate surface area is 86.6 Å². The third kappa shape index (κ3) is 0.883. The molecular formula is C11H12N2S. The van der Waals surface area contributed by atoms with E-state index >= 15 is 0 Å². The number of hydrogen-bond acceptors (Lipinski definition) is 2. The van der Waals surface area contributed by atoms with Gasteiger partial charge in [-0.25, -0.2) is 4.98 Å². The molecule has 2 nitrogen and oxygen atoms in total. The van der Waals surface area contributed by atoms with Crippen LogP contribution in [0.15, 0.2) is 6.20 Å². The number of nitrogens with zero attached hydrogens (tertiary/aromatic N) is 2. The fourth-order valence-electron chi connectivity index (χ4n) is 2.40. The molecule has 2 heterocycles. The van der Waals surface area contributed by atoms with E-state index in [1.807, 2.05) is 11.3 Å². The Kier molecular flexibility index (Phi) is 1.28. The van der Waals surface area contributed by atoms with Crippen LogP contribution in [0.5, 0.6) is 0 Å². The van der Waals surface area contributed by atoms with Gasteiger partial charge in [0.15, 0.2) is 4.96 Å². The minimum absolute atomic E-state index is 0.791. The normalized spacial score (nSPS) is 20.6. The van der Waals surface area contributed by atoms with Gasteiger partial charge in [0, 0.05) is 22.7 Å². The average molecular weight is 204 g/mol. The van der Waals surface area contributed by atoms with E-state index in [-0.39, 0.29) is 0 Å². The molecule has 0 bridgehead atoms. The van der Waals surface area contributed by atoms with Gasteiger partial charge in [-0.05, 0) is 32.1 Å². The second-order valence-corrected chi connectivity index (χ2v) is 5.48. The predicted octanol–water partition coefficient (Wildman–Crippen LogP) is 2.76. The first kappa shape index (κ1) is 7.46. The predicted molar refractivity (Wildman–Crippen MR) is 57.1 cm³/mol. The summed E-state index contributed by atoms with van der Waals surface area (Å²) in [6, 6.07) is 0. The molecule has 72 valence electrons. The molecule has 1 fully saturated rings. The molecule has 0 aliphatic heterocycles. The van der Waals surface area contributed by atoms with Crippen molar-refractivity contribution in [2.24, 2.45) is 0 Å². The minimum Gasteiger partial charge on any atom is -0.294 e. The van der Waals surface area contributed by atoms with E-state index in [0.29, 0.717) is 0 Å². The molecular weight excluding hydrogens is 192 g/mol. The van der Waals surface area contributed by atoms with Gasteiger partial charge in [0.05, 0.1) is 5.69 Å². The first-order valence-electron chi connectivity index (χ1n) is 5.41. The lowest BCUT2D eigenvalue weighted by atomic mass is 10.3. The number of hydrogen-bond donors (Lipinski definition) is 0. The van der Waals surface area contributed by atoms with Crippen LogP contribution in [-0.2, 0) is 12.8 Å². The Hall–Kier alpha value is -0.830. The summed E-state index contributed by atoms with van der Waals surface area (Å²) in [6.07, 6.45) is 8.87. The highest BCUT2D eigenvalue weighted by Crippen LogP contribution is 2.41. The van der Waals surface area contributed by atoms with Crippen molar-refractivity contribution in [1.29, 1.82) is 0 Å². The van der Waals surface area contributed by atoms with Gasteiger partial charge < -0.3 is 0 Å². The summed E-state index contributed by atoms with van der Waals surface area (Å²) in [7, 11) is 0. The first-order chi connectivity index (χ1) is 6.92. The molecule has 2 aromatic rings. The van der Waals surface area contributed by atoms with E-state index in [1.54, 1.807) is 10.6 Å². The maximum atomic E-state index is 4.72. The van der Waals surface area contributed by atoms with Gasteiger partial charge in [0.25, 0.3) is 0 Å². The Balaban J connectivity index is 1.96. The fourth-order valence-corrected chi connectivity index (χ4v) is 3.59. The third-order valence-corrected chi connectivity index (χ3v) is 4.49. The van der Waals surface area contributed by atoms with Gasteiger partial charge >= 0.3 is 0 Å². The van der Waals surface area contributed by atoms with E-state index < -0.39 is 0 Å². The summed E-state index contributed by atoms with van der Waals surface area (Å²) < 4.78 is 2.35. The SMILES string of the molecule is c1c(C2CC2)nc2sc3c(n12)CCC3. The average Bonchev–Trinajstić information content (AvgIpc) is 2.67. The minimum atomic E-state index is 0.791. The Morgan fingerprint density at radius 1 is 1.36 bits per heavy atom. The molecule has 3 heteroatoms. The molecule has 2 aliphatic carbocycles. The molecule has 4 rings (SSSR count). The van der Waals surface area contributed by atoms with Crippen LogP contribution in [0, 0.1) is 0 Å². The summed E-state index contributed by atoms with van der Waals surface area (Å²) in [4.78, 5) is 7.53. The maximum absolute atomic E-state index is 4.72. The number of rotatable bonds is 1.